The molecule has 62 heavy (non-hydrogen) atoms. The van der Waals surface area contributed by atoms with Crippen molar-refractivity contribution in [1.82, 2.24) is 0 Å². The van der Waals surface area contributed by atoms with E-state index in [0.29, 0.717) is 0 Å². The maximum absolute atomic E-state index is 6.50. The Bertz CT molecular complexity index is 3200. The molecule has 0 spiro atoms. The van der Waals surface area contributed by atoms with Crippen LogP contribution in [0.25, 0.3) is 72.0 Å². The highest BCUT2D eigenvalue weighted by Crippen LogP contribution is 2.47. The molecule has 2 nitrogen and oxygen atoms in total. The zero-order valence-corrected chi connectivity index (χ0v) is 34.2. The van der Waals surface area contributed by atoms with E-state index in [1.54, 1.807) is 0 Å². The van der Waals surface area contributed by atoms with Gasteiger partial charge in [-0.3, -0.25) is 0 Å². The molecule has 0 fully saturated rings. The van der Waals surface area contributed by atoms with Crippen LogP contribution in [-0.2, 0) is 0 Å². The second kappa shape index (κ2) is 16.3. The maximum Gasteiger partial charge on any atom is 0.143 e. The molecule has 0 bridgehead atoms. The Morgan fingerprint density at radius 2 is 0.823 bits per heavy atom. The largest absolute Gasteiger partial charge is 0.455 e. The molecular formula is C60H43NO. The van der Waals surface area contributed by atoms with E-state index in [2.05, 4.69) is 242 Å². The van der Waals surface area contributed by atoms with Gasteiger partial charge in [-0.2, -0.15) is 0 Å². The van der Waals surface area contributed by atoms with Crippen LogP contribution in [0.1, 0.15) is 17.0 Å². The summed E-state index contributed by atoms with van der Waals surface area (Å²) in [6.45, 7) is 0. The van der Waals surface area contributed by atoms with Gasteiger partial charge in [0, 0.05) is 33.6 Å². The van der Waals surface area contributed by atoms with Crippen LogP contribution in [-0.4, -0.2) is 6.04 Å². The number of benzene rings is 9. The minimum absolute atomic E-state index is 0.00649. The highest BCUT2D eigenvalue weighted by Gasteiger charge is 2.35. The molecule has 1 aromatic heterocycles. The van der Waals surface area contributed by atoms with Gasteiger partial charge in [-0.15, -0.1) is 0 Å². The van der Waals surface area contributed by atoms with E-state index in [1.165, 1.54) is 50.1 Å². The summed E-state index contributed by atoms with van der Waals surface area (Å²) in [6, 6.07) is 83.0. The topological polar surface area (TPSA) is 16.4 Å². The molecule has 1 aliphatic carbocycles. The lowest BCUT2D eigenvalue weighted by atomic mass is 9.75. The lowest BCUT2D eigenvalue weighted by Gasteiger charge is -2.41. The van der Waals surface area contributed by atoms with E-state index in [4.69, 9.17) is 4.42 Å². The molecule has 11 rings (SSSR count). The highest BCUT2D eigenvalue weighted by atomic mass is 16.3. The molecule has 9 aromatic carbocycles. The smallest absolute Gasteiger partial charge is 0.143 e. The van der Waals surface area contributed by atoms with Gasteiger partial charge in [0.25, 0.3) is 0 Å². The van der Waals surface area contributed by atoms with Crippen molar-refractivity contribution in [3.05, 3.63) is 260 Å². The molecule has 2 atom stereocenters. The number of rotatable bonds is 9. The molecule has 294 valence electrons. The molecular weight excluding hydrogens is 751 g/mol. The summed E-state index contributed by atoms with van der Waals surface area (Å²) in [7, 11) is 0. The van der Waals surface area contributed by atoms with Gasteiger partial charge in [0.2, 0.25) is 0 Å². The number of hydrogen-bond donors (Lipinski definition) is 0. The van der Waals surface area contributed by atoms with E-state index < -0.39 is 0 Å². The van der Waals surface area contributed by atoms with Crippen molar-refractivity contribution in [2.45, 2.75) is 12.0 Å². The number of furan rings is 1. The van der Waals surface area contributed by atoms with Crippen LogP contribution in [0, 0.1) is 0 Å². The van der Waals surface area contributed by atoms with Gasteiger partial charge in [0.05, 0.1) is 6.04 Å². The van der Waals surface area contributed by atoms with Crippen LogP contribution in [0.5, 0.6) is 0 Å². The normalized spacial score (nSPS) is 14.8. The minimum Gasteiger partial charge on any atom is -0.455 e. The van der Waals surface area contributed by atoms with Gasteiger partial charge in [0.1, 0.15) is 11.2 Å². The standard InChI is InChI=1S/C60H43NO/c1-4-16-42(17-5-1)43-30-32-44(33-31-43)45-34-38-49(39-35-45)61(50-40-36-48(37-41-50)53-26-14-27-56-54-23-12-13-29-58(54)62-60(53)56)57-28-15-25-52(47-20-8-3-9-21-47)59(57)55-24-11-10-22-51(55)46-18-6-2-7-19-46/h1-41,57,59H. The van der Waals surface area contributed by atoms with Crippen LogP contribution < -0.4 is 4.90 Å². The predicted molar refractivity (Wildman–Crippen MR) is 261 cm³/mol. The monoisotopic (exact) mass is 793 g/mol. The molecule has 0 N–H and O–H groups in total. The fraction of sp³-hybridized carbons (Fsp3) is 0.0333. The fourth-order valence-electron chi connectivity index (χ4n) is 9.38. The molecule has 2 heteroatoms. The van der Waals surface area contributed by atoms with E-state index in [1.807, 2.05) is 12.1 Å². The Kier molecular flexibility index (Phi) is 9.72. The second-order valence-corrected chi connectivity index (χ2v) is 16.0. The van der Waals surface area contributed by atoms with E-state index >= 15 is 0 Å². The van der Waals surface area contributed by atoms with E-state index in [9.17, 15) is 0 Å². The molecule has 1 heterocycles. The molecule has 0 aliphatic heterocycles. The molecule has 0 amide bonds. The maximum atomic E-state index is 6.50. The van der Waals surface area contributed by atoms with Crippen molar-refractivity contribution >= 4 is 38.9 Å². The zero-order chi connectivity index (χ0) is 41.2. The van der Waals surface area contributed by atoms with Gasteiger partial charge < -0.3 is 9.32 Å². The third-order valence-corrected chi connectivity index (χ3v) is 12.4. The van der Waals surface area contributed by atoms with Crippen molar-refractivity contribution < 1.29 is 4.42 Å². The zero-order valence-electron chi connectivity index (χ0n) is 34.2. The summed E-state index contributed by atoms with van der Waals surface area (Å²) in [5.74, 6) is -0.00649. The number of fused-ring (bicyclic) bond motifs is 3. The van der Waals surface area contributed by atoms with Crippen molar-refractivity contribution in [2.24, 2.45) is 0 Å². The number of anilines is 2. The first kappa shape index (κ1) is 37.1. The fourth-order valence-corrected chi connectivity index (χ4v) is 9.38. The second-order valence-electron chi connectivity index (χ2n) is 16.0. The SMILES string of the molecule is C1=CC(N(c2ccc(-c3ccc(-c4ccccc4)cc3)cc2)c2ccc(-c3cccc4c3oc3ccccc34)cc2)C(c2ccccc2-c2ccccc2)C(c2ccccc2)=C1. The van der Waals surface area contributed by atoms with Crippen LogP contribution >= 0.6 is 0 Å². The first-order valence-electron chi connectivity index (χ1n) is 21.4. The van der Waals surface area contributed by atoms with Gasteiger partial charge >= 0.3 is 0 Å². The Balaban J connectivity index is 1.05. The average Bonchev–Trinajstić information content (AvgIpc) is 3.75. The van der Waals surface area contributed by atoms with Crippen LogP contribution in [0.15, 0.2) is 253 Å². The quantitative estimate of drug-likeness (QED) is 0.145. The number of nitrogens with zero attached hydrogens (tertiary/aromatic N) is 1. The summed E-state index contributed by atoms with van der Waals surface area (Å²) in [5, 5.41) is 2.27. The Morgan fingerprint density at radius 1 is 0.355 bits per heavy atom. The van der Waals surface area contributed by atoms with Crippen LogP contribution in [0.2, 0.25) is 0 Å². The first-order chi connectivity index (χ1) is 30.8. The molecule has 10 aromatic rings. The minimum atomic E-state index is -0.0688. The lowest BCUT2D eigenvalue weighted by molar-refractivity contribution is 0.670. The summed E-state index contributed by atoms with van der Waals surface area (Å²) < 4.78 is 6.50. The summed E-state index contributed by atoms with van der Waals surface area (Å²) in [4.78, 5) is 2.53. The lowest BCUT2D eigenvalue weighted by Crippen LogP contribution is -2.37. The van der Waals surface area contributed by atoms with E-state index in [0.717, 1.165) is 44.4 Å². The molecule has 0 saturated carbocycles. The van der Waals surface area contributed by atoms with Crippen molar-refractivity contribution in [3.8, 4) is 44.5 Å². The van der Waals surface area contributed by atoms with Gasteiger partial charge in [-0.1, -0.05) is 218 Å². The molecule has 1 aliphatic rings. The summed E-state index contributed by atoms with van der Waals surface area (Å²) >= 11 is 0. The van der Waals surface area contributed by atoms with Crippen LogP contribution in [0.3, 0.4) is 0 Å². The Labute approximate surface area is 363 Å². The summed E-state index contributed by atoms with van der Waals surface area (Å²) in [5.41, 5.74) is 17.3. The number of hydrogen-bond acceptors (Lipinski definition) is 2. The predicted octanol–water partition coefficient (Wildman–Crippen LogP) is 16.2. The molecule has 0 saturated heterocycles. The van der Waals surface area contributed by atoms with Crippen molar-refractivity contribution in [3.63, 3.8) is 0 Å². The average molecular weight is 794 g/mol. The van der Waals surface area contributed by atoms with Crippen molar-refractivity contribution in [2.75, 3.05) is 4.90 Å². The van der Waals surface area contributed by atoms with E-state index in [-0.39, 0.29) is 12.0 Å². The van der Waals surface area contributed by atoms with Crippen molar-refractivity contribution in [1.29, 1.82) is 0 Å². The van der Waals surface area contributed by atoms with Gasteiger partial charge in [0.15, 0.2) is 0 Å². The highest BCUT2D eigenvalue weighted by molar-refractivity contribution is 6.09. The van der Waals surface area contributed by atoms with Crippen LogP contribution in [0.4, 0.5) is 11.4 Å². The molecule has 2 unspecified atom stereocenters. The van der Waals surface area contributed by atoms with Gasteiger partial charge in [-0.25, -0.2) is 0 Å². The third kappa shape index (κ3) is 6.92. The molecule has 0 radical (unpaired) electrons. The summed E-state index contributed by atoms with van der Waals surface area (Å²) in [6.07, 6.45) is 6.95. The first-order valence-corrected chi connectivity index (χ1v) is 21.4. The van der Waals surface area contributed by atoms with Gasteiger partial charge in [-0.05, 0) is 86.0 Å². The third-order valence-electron chi connectivity index (χ3n) is 12.4. The number of para-hydroxylation sites is 2. The number of allylic oxidation sites excluding steroid dienone is 2. The Morgan fingerprint density at radius 3 is 1.48 bits per heavy atom. The Hall–Kier alpha value is -7.94.